The van der Waals surface area contributed by atoms with Gasteiger partial charge in [-0.15, -0.1) is 0 Å². The fourth-order valence-electron chi connectivity index (χ4n) is 3.25. The van der Waals surface area contributed by atoms with Crippen LogP contribution < -0.4 is 4.74 Å². The van der Waals surface area contributed by atoms with Crippen molar-refractivity contribution in [1.82, 2.24) is 9.80 Å². The van der Waals surface area contributed by atoms with Gasteiger partial charge in [-0.05, 0) is 36.8 Å². The largest absolute Gasteiger partial charge is 0.457 e. The summed E-state index contributed by atoms with van der Waals surface area (Å²) in [6, 6.07) is 16.5. The maximum absolute atomic E-state index is 12.8. The summed E-state index contributed by atoms with van der Waals surface area (Å²) in [6.07, 6.45) is -3.75. The molecule has 1 amide bonds. The Labute approximate surface area is 174 Å². The first-order valence-corrected chi connectivity index (χ1v) is 9.90. The average molecular weight is 422 g/mol. The van der Waals surface area contributed by atoms with E-state index in [0.717, 1.165) is 0 Å². The minimum atomic E-state index is -4.28. The maximum Gasteiger partial charge on any atom is 0.411 e. The van der Waals surface area contributed by atoms with Crippen LogP contribution in [0.3, 0.4) is 0 Å². The Bertz CT molecular complexity index is 807. The Hall–Kier alpha value is -2.58. The zero-order valence-corrected chi connectivity index (χ0v) is 16.6. The number of piperazine rings is 1. The molecule has 2 aromatic rings. The number of carbonyl (C=O) groups is 1. The van der Waals surface area contributed by atoms with Crippen LogP contribution in [0.5, 0.6) is 11.5 Å². The molecule has 8 heteroatoms. The molecule has 0 N–H and O–H groups in total. The lowest BCUT2D eigenvalue weighted by Gasteiger charge is -2.34. The molecule has 0 radical (unpaired) electrons. The van der Waals surface area contributed by atoms with E-state index in [-0.39, 0.29) is 12.5 Å². The Balaban J connectivity index is 1.43. The van der Waals surface area contributed by atoms with E-state index in [2.05, 4.69) is 9.64 Å². The molecule has 162 valence electrons. The molecule has 30 heavy (non-hydrogen) atoms. The number of hydrogen-bond acceptors (Lipinski definition) is 4. The van der Waals surface area contributed by atoms with E-state index in [1.165, 1.54) is 0 Å². The predicted octanol–water partition coefficient (Wildman–Crippen LogP) is 4.21. The number of halogens is 3. The predicted molar refractivity (Wildman–Crippen MR) is 107 cm³/mol. The summed E-state index contributed by atoms with van der Waals surface area (Å²) in [7, 11) is 0. The highest BCUT2D eigenvalue weighted by molar-refractivity contribution is 5.94. The summed E-state index contributed by atoms with van der Waals surface area (Å²) in [5.74, 6) is 1.25. The first-order chi connectivity index (χ1) is 14.4. The second-order valence-electron chi connectivity index (χ2n) is 7.10. The van der Waals surface area contributed by atoms with Gasteiger partial charge in [0.25, 0.3) is 5.91 Å². The van der Waals surface area contributed by atoms with Crippen LogP contribution in [0.1, 0.15) is 16.8 Å². The van der Waals surface area contributed by atoms with E-state index in [1.807, 2.05) is 36.4 Å². The molecular formula is C22H25F3N2O3. The third kappa shape index (κ3) is 7.03. The minimum absolute atomic E-state index is 0.0540. The number of alkyl halides is 3. The lowest BCUT2D eigenvalue weighted by Crippen LogP contribution is -2.49. The summed E-state index contributed by atoms with van der Waals surface area (Å²) in [6.45, 7) is 2.05. The van der Waals surface area contributed by atoms with Crippen LogP contribution in [-0.4, -0.2) is 67.8 Å². The molecule has 1 heterocycles. The highest BCUT2D eigenvalue weighted by Gasteiger charge is 2.27. The Morgan fingerprint density at radius 3 is 2.33 bits per heavy atom. The van der Waals surface area contributed by atoms with Gasteiger partial charge in [0, 0.05) is 44.9 Å². The summed E-state index contributed by atoms with van der Waals surface area (Å²) in [4.78, 5) is 16.8. The van der Waals surface area contributed by atoms with Crippen LogP contribution in [0.2, 0.25) is 0 Å². The van der Waals surface area contributed by atoms with Gasteiger partial charge >= 0.3 is 6.18 Å². The second-order valence-corrected chi connectivity index (χ2v) is 7.10. The van der Waals surface area contributed by atoms with Crippen LogP contribution in [0.15, 0.2) is 54.6 Å². The van der Waals surface area contributed by atoms with E-state index in [0.29, 0.717) is 56.2 Å². The van der Waals surface area contributed by atoms with Crippen molar-refractivity contribution in [2.45, 2.75) is 12.6 Å². The molecule has 5 nitrogen and oxygen atoms in total. The van der Waals surface area contributed by atoms with E-state index < -0.39 is 12.8 Å². The minimum Gasteiger partial charge on any atom is -0.457 e. The summed E-state index contributed by atoms with van der Waals surface area (Å²) >= 11 is 0. The van der Waals surface area contributed by atoms with Gasteiger partial charge in [0.1, 0.15) is 18.1 Å². The fourth-order valence-corrected chi connectivity index (χ4v) is 3.25. The Morgan fingerprint density at radius 1 is 0.933 bits per heavy atom. The van der Waals surface area contributed by atoms with Gasteiger partial charge in [0.05, 0.1) is 0 Å². The van der Waals surface area contributed by atoms with E-state index in [4.69, 9.17) is 4.74 Å². The topological polar surface area (TPSA) is 42.0 Å². The summed E-state index contributed by atoms with van der Waals surface area (Å²) in [5.41, 5.74) is 0.567. The third-order valence-electron chi connectivity index (χ3n) is 4.75. The molecule has 1 fully saturated rings. The van der Waals surface area contributed by atoms with Gasteiger partial charge in [-0.2, -0.15) is 13.2 Å². The molecule has 1 saturated heterocycles. The molecule has 0 unspecified atom stereocenters. The van der Waals surface area contributed by atoms with Crippen molar-refractivity contribution in [3.05, 3.63) is 60.2 Å². The highest BCUT2D eigenvalue weighted by atomic mass is 19.4. The molecular weight excluding hydrogens is 397 g/mol. The summed E-state index contributed by atoms with van der Waals surface area (Å²) in [5, 5.41) is 0. The van der Waals surface area contributed by atoms with Gasteiger partial charge < -0.3 is 14.4 Å². The molecule has 1 aliphatic rings. The Morgan fingerprint density at radius 2 is 1.63 bits per heavy atom. The van der Waals surface area contributed by atoms with E-state index in [1.54, 1.807) is 23.1 Å². The van der Waals surface area contributed by atoms with Crippen molar-refractivity contribution in [3.63, 3.8) is 0 Å². The lowest BCUT2D eigenvalue weighted by atomic mass is 10.1. The Kier molecular flexibility index (Phi) is 7.70. The number of carbonyl (C=O) groups excluding carboxylic acids is 1. The average Bonchev–Trinajstić information content (AvgIpc) is 2.73. The number of ether oxygens (including phenoxy) is 2. The number of hydrogen-bond donors (Lipinski definition) is 0. The monoisotopic (exact) mass is 422 g/mol. The molecule has 0 aliphatic carbocycles. The molecule has 0 saturated carbocycles. The van der Waals surface area contributed by atoms with Crippen molar-refractivity contribution in [2.75, 3.05) is 45.9 Å². The van der Waals surface area contributed by atoms with Crippen LogP contribution in [-0.2, 0) is 4.74 Å². The van der Waals surface area contributed by atoms with Crippen LogP contribution in [0.25, 0.3) is 0 Å². The van der Waals surface area contributed by atoms with Gasteiger partial charge in [-0.25, -0.2) is 0 Å². The van der Waals surface area contributed by atoms with Gasteiger partial charge in [0.2, 0.25) is 0 Å². The van der Waals surface area contributed by atoms with E-state index >= 15 is 0 Å². The van der Waals surface area contributed by atoms with Gasteiger partial charge in [-0.1, -0.05) is 24.3 Å². The number of amides is 1. The van der Waals surface area contributed by atoms with Crippen molar-refractivity contribution < 1.29 is 27.4 Å². The molecule has 0 bridgehead atoms. The van der Waals surface area contributed by atoms with Crippen molar-refractivity contribution >= 4 is 5.91 Å². The lowest BCUT2D eigenvalue weighted by molar-refractivity contribution is -0.174. The first-order valence-electron chi connectivity index (χ1n) is 9.90. The standard InChI is InChI=1S/C22H25F3N2O3/c23-22(24,25)17-29-15-5-10-26-11-13-27(14-12-26)21(28)18-6-4-9-20(16-18)30-19-7-2-1-3-8-19/h1-4,6-9,16H,5,10-15,17H2. The van der Waals surface area contributed by atoms with Crippen molar-refractivity contribution in [1.29, 1.82) is 0 Å². The molecule has 0 aromatic heterocycles. The summed E-state index contributed by atoms with van der Waals surface area (Å²) < 4.78 is 46.6. The van der Waals surface area contributed by atoms with E-state index in [9.17, 15) is 18.0 Å². The molecule has 3 rings (SSSR count). The molecule has 1 aliphatic heterocycles. The normalized spacial score (nSPS) is 15.2. The van der Waals surface area contributed by atoms with Crippen LogP contribution in [0.4, 0.5) is 13.2 Å². The van der Waals surface area contributed by atoms with Crippen molar-refractivity contribution in [2.24, 2.45) is 0 Å². The SMILES string of the molecule is O=C(c1cccc(Oc2ccccc2)c1)N1CCN(CCCOCC(F)(F)F)CC1. The quantitative estimate of drug-likeness (QED) is 0.598. The van der Waals surface area contributed by atoms with Gasteiger partial charge in [-0.3, -0.25) is 9.69 Å². The fraction of sp³-hybridized carbons (Fsp3) is 0.409. The smallest absolute Gasteiger partial charge is 0.411 e. The molecule has 0 spiro atoms. The number of nitrogens with zero attached hydrogens (tertiary/aromatic N) is 2. The van der Waals surface area contributed by atoms with Crippen LogP contribution in [0, 0.1) is 0 Å². The maximum atomic E-state index is 12.8. The van der Waals surface area contributed by atoms with Crippen LogP contribution >= 0.6 is 0 Å². The molecule has 2 aromatic carbocycles. The molecule has 0 atom stereocenters. The number of rotatable bonds is 8. The zero-order valence-electron chi connectivity index (χ0n) is 16.6. The number of benzene rings is 2. The van der Waals surface area contributed by atoms with Gasteiger partial charge in [0.15, 0.2) is 0 Å². The zero-order chi connectivity index (χ0) is 21.4. The third-order valence-corrected chi connectivity index (χ3v) is 4.75. The highest BCUT2D eigenvalue weighted by Crippen LogP contribution is 2.22. The first kappa shape index (κ1) is 22.1. The number of para-hydroxylation sites is 1. The van der Waals surface area contributed by atoms with Crippen molar-refractivity contribution in [3.8, 4) is 11.5 Å². The second kappa shape index (κ2) is 10.4.